The van der Waals surface area contributed by atoms with Gasteiger partial charge in [-0.25, -0.2) is 9.18 Å². The molecule has 8 heteroatoms. The van der Waals surface area contributed by atoms with Crippen LogP contribution in [0.3, 0.4) is 0 Å². The smallest absolute Gasteiger partial charge is 0.317 e. The molecule has 7 nitrogen and oxygen atoms in total. The van der Waals surface area contributed by atoms with Gasteiger partial charge in [-0.15, -0.1) is 0 Å². The first-order valence-corrected chi connectivity index (χ1v) is 7.90. The molecule has 2 rings (SSSR count). The topological polar surface area (TPSA) is 84.7 Å². The maximum Gasteiger partial charge on any atom is 0.317 e. The van der Waals surface area contributed by atoms with Crippen LogP contribution in [0, 0.1) is 15.9 Å². The third kappa shape index (κ3) is 4.69. The molecule has 26 heavy (non-hydrogen) atoms. The van der Waals surface area contributed by atoms with Gasteiger partial charge in [-0.1, -0.05) is 18.2 Å². The molecular weight excluding hydrogens is 341 g/mol. The maximum atomic E-state index is 13.7. The van der Waals surface area contributed by atoms with Gasteiger partial charge in [-0.05, 0) is 30.2 Å². The number of hydrogen-bond acceptors (Lipinski definition) is 4. The molecule has 138 valence electrons. The van der Waals surface area contributed by atoms with Crippen LogP contribution < -0.4 is 10.1 Å². The molecule has 0 heterocycles. The minimum Gasteiger partial charge on any atom is -0.494 e. The second kappa shape index (κ2) is 8.28. The van der Waals surface area contributed by atoms with Crippen LogP contribution in [0.4, 0.5) is 14.9 Å². The number of methoxy groups -OCH3 is 1. The minimum absolute atomic E-state index is 0.0364. The van der Waals surface area contributed by atoms with Crippen molar-refractivity contribution >= 4 is 11.7 Å². The molecule has 0 bridgehead atoms. The number of hydrogen-bond donors (Lipinski definition) is 1. The molecule has 2 aromatic rings. The van der Waals surface area contributed by atoms with E-state index < -0.39 is 16.8 Å². The summed E-state index contributed by atoms with van der Waals surface area (Å²) in [6.07, 6.45) is 0. The van der Waals surface area contributed by atoms with E-state index in [2.05, 4.69) is 5.32 Å². The van der Waals surface area contributed by atoms with Crippen LogP contribution in [0.1, 0.15) is 24.1 Å². The Morgan fingerprint density at radius 1 is 1.35 bits per heavy atom. The Balaban J connectivity index is 2.01. The van der Waals surface area contributed by atoms with Crippen molar-refractivity contribution in [1.29, 1.82) is 0 Å². The largest absolute Gasteiger partial charge is 0.494 e. The van der Waals surface area contributed by atoms with E-state index in [9.17, 15) is 19.3 Å². The molecule has 0 saturated heterocycles. The number of halogens is 1. The highest BCUT2D eigenvalue weighted by Crippen LogP contribution is 2.20. The van der Waals surface area contributed by atoms with E-state index in [1.807, 2.05) is 0 Å². The first-order valence-electron chi connectivity index (χ1n) is 7.90. The van der Waals surface area contributed by atoms with Gasteiger partial charge in [-0.2, -0.15) is 0 Å². The molecule has 1 N–H and O–H groups in total. The van der Waals surface area contributed by atoms with Gasteiger partial charge in [-0.3, -0.25) is 10.1 Å². The third-order valence-electron chi connectivity index (χ3n) is 3.90. The first-order chi connectivity index (χ1) is 12.3. The number of ether oxygens (including phenoxy) is 1. The zero-order chi connectivity index (χ0) is 19.3. The number of rotatable bonds is 6. The average molecular weight is 361 g/mol. The lowest BCUT2D eigenvalue weighted by Crippen LogP contribution is -2.38. The quantitative estimate of drug-likeness (QED) is 0.629. The summed E-state index contributed by atoms with van der Waals surface area (Å²) in [5.41, 5.74) is 1.20. The van der Waals surface area contributed by atoms with E-state index in [0.29, 0.717) is 11.1 Å². The van der Waals surface area contributed by atoms with E-state index in [4.69, 9.17) is 4.74 Å². The van der Waals surface area contributed by atoms with Crippen LogP contribution in [0.15, 0.2) is 42.5 Å². The Hall–Kier alpha value is -3.16. The lowest BCUT2D eigenvalue weighted by molar-refractivity contribution is -0.384. The van der Waals surface area contributed by atoms with Crippen LogP contribution in [-0.4, -0.2) is 30.0 Å². The van der Waals surface area contributed by atoms with Crippen molar-refractivity contribution < 1.29 is 18.8 Å². The molecular formula is C18H20FN3O4. The number of nitro groups is 1. The van der Waals surface area contributed by atoms with Crippen molar-refractivity contribution in [1.82, 2.24) is 10.2 Å². The summed E-state index contributed by atoms with van der Waals surface area (Å²) < 4.78 is 18.6. The number of non-ortho nitro benzene ring substituents is 1. The first kappa shape index (κ1) is 19.2. The van der Waals surface area contributed by atoms with Crippen LogP contribution in [0.2, 0.25) is 0 Å². The summed E-state index contributed by atoms with van der Waals surface area (Å²) in [7, 11) is 2.96. The van der Waals surface area contributed by atoms with E-state index >= 15 is 0 Å². The third-order valence-corrected chi connectivity index (χ3v) is 3.90. The summed E-state index contributed by atoms with van der Waals surface area (Å²) in [6.45, 7) is 1.94. The number of nitrogens with one attached hydrogen (secondary N) is 1. The fraction of sp³-hybridized carbons (Fsp3) is 0.278. The molecule has 0 aromatic heterocycles. The second-order valence-corrected chi connectivity index (χ2v) is 5.85. The van der Waals surface area contributed by atoms with E-state index in [1.165, 1.54) is 36.3 Å². The number of nitro benzene ring substituents is 1. The lowest BCUT2D eigenvalue weighted by Gasteiger charge is -2.22. The Morgan fingerprint density at radius 2 is 2.08 bits per heavy atom. The fourth-order valence-corrected chi connectivity index (χ4v) is 2.44. The predicted molar refractivity (Wildman–Crippen MR) is 94.5 cm³/mol. The van der Waals surface area contributed by atoms with Crippen molar-refractivity contribution in [3.05, 3.63) is 69.5 Å². The number of carbonyl (C=O) groups excluding carboxylic acids is 1. The number of amides is 2. The van der Waals surface area contributed by atoms with Gasteiger partial charge in [0.05, 0.1) is 18.1 Å². The van der Waals surface area contributed by atoms with Crippen molar-refractivity contribution in [2.24, 2.45) is 0 Å². The standard InChI is InChI=1S/C18H20FN3O4/c1-12(14-5-4-6-15(10-14)22(24)25)20-18(23)21(2)11-13-7-8-17(26-3)16(19)9-13/h4-10,12H,11H2,1-3H3,(H,20,23)/t12-/m0/s1. The predicted octanol–water partition coefficient (Wildman–Crippen LogP) is 3.65. The summed E-state index contributed by atoms with van der Waals surface area (Å²) in [5.74, 6) is -0.357. The molecule has 2 aromatic carbocycles. The zero-order valence-corrected chi connectivity index (χ0v) is 14.7. The van der Waals surface area contributed by atoms with Gasteiger partial charge in [0.25, 0.3) is 5.69 Å². The van der Waals surface area contributed by atoms with Gasteiger partial charge >= 0.3 is 6.03 Å². The molecule has 0 radical (unpaired) electrons. The monoisotopic (exact) mass is 361 g/mol. The van der Waals surface area contributed by atoms with E-state index in [1.54, 1.807) is 32.2 Å². The number of urea groups is 1. The number of benzene rings is 2. The Bertz CT molecular complexity index is 813. The molecule has 0 spiro atoms. The number of carbonyl (C=O) groups is 1. The summed E-state index contributed by atoms with van der Waals surface area (Å²) in [5, 5.41) is 13.6. The minimum atomic E-state index is -0.497. The molecule has 0 aliphatic heterocycles. The van der Waals surface area contributed by atoms with Crippen LogP contribution in [0.25, 0.3) is 0 Å². The average Bonchev–Trinajstić information content (AvgIpc) is 2.61. The number of nitrogens with zero attached hydrogens (tertiary/aromatic N) is 2. The maximum absolute atomic E-state index is 13.7. The van der Waals surface area contributed by atoms with Gasteiger partial charge in [0.1, 0.15) is 0 Å². The summed E-state index contributed by atoms with van der Waals surface area (Å²) in [6, 6.07) is 9.78. The highest BCUT2D eigenvalue weighted by molar-refractivity contribution is 5.74. The Labute approximate surface area is 150 Å². The van der Waals surface area contributed by atoms with E-state index in [0.717, 1.165) is 0 Å². The van der Waals surface area contributed by atoms with Gasteiger partial charge in [0.15, 0.2) is 11.6 Å². The molecule has 0 aliphatic carbocycles. The highest BCUT2D eigenvalue weighted by atomic mass is 19.1. The van der Waals surface area contributed by atoms with Crippen LogP contribution in [0.5, 0.6) is 5.75 Å². The van der Waals surface area contributed by atoms with Gasteiger partial charge in [0, 0.05) is 25.7 Å². The Kier molecular flexibility index (Phi) is 6.11. The second-order valence-electron chi connectivity index (χ2n) is 5.85. The van der Waals surface area contributed by atoms with Gasteiger partial charge in [0.2, 0.25) is 0 Å². The molecule has 0 fully saturated rings. The van der Waals surface area contributed by atoms with Gasteiger partial charge < -0.3 is 15.0 Å². The van der Waals surface area contributed by atoms with Crippen LogP contribution >= 0.6 is 0 Å². The zero-order valence-electron chi connectivity index (χ0n) is 14.7. The van der Waals surface area contributed by atoms with Crippen molar-refractivity contribution in [3.8, 4) is 5.75 Å². The van der Waals surface area contributed by atoms with E-state index in [-0.39, 0.29) is 24.0 Å². The highest BCUT2D eigenvalue weighted by Gasteiger charge is 2.16. The molecule has 0 saturated carbocycles. The Morgan fingerprint density at radius 3 is 2.69 bits per heavy atom. The van der Waals surface area contributed by atoms with Crippen molar-refractivity contribution in [2.75, 3.05) is 14.2 Å². The SMILES string of the molecule is COc1ccc(CN(C)C(=O)N[C@@H](C)c2cccc([N+](=O)[O-])c2)cc1F. The van der Waals surface area contributed by atoms with Crippen molar-refractivity contribution in [3.63, 3.8) is 0 Å². The van der Waals surface area contributed by atoms with Crippen molar-refractivity contribution in [2.45, 2.75) is 19.5 Å². The lowest BCUT2D eigenvalue weighted by atomic mass is 10.1. The fourth-order valence-electron chi connectivity index (χ4n) is 2.44. The molecule has 1 atom stereocenters. The normalized spacial score (nSPS) is 11.5. The molecule has 2 amide bonds. The molecule has 0 aliphatic rings. The molecule has 0 unspecified atom stereocenters. The summed E-state index contributed by atoms with van der Waals surface area (Å²) in [4.78, 5) is 24.1. The van der Waals surface area contributed by atoms with Crippen LogP contribution in [-0.2, 0) is 6.54 Å². The summed E-state index contributed by atoms with van der Waals surface area (Å²) >= 11 is 0.